The largest absolute Gasteiger partial charge is 0.466 e. The molecule has 13 heavy (non-hydrogen) atoms. The van der Waals surface area contributed by atoms with Gasteiger partial charge in [0.05, 0.1) is 31.8 Å². The van der Waals surface area contributed by atoms with E-state index in [1.165, 1.54) is 0 Å². The highest BCUT2D eigenvalue weighted by Gasteiger charge is 2.15. The van der Waals surface area contributed by atoms with Gasteiger partial charge in [0.1, 0.15) is 0 Å². The Morgan fingerprint density at radius 2 is 2.00 bits per heavy atom. The van der Waals surface area contributed by atoms with Gasteiger partial charge in [0.25, 0.3) is 0 Å². The van der Waals surface area contributed by atoms with Crippen molar-refractivity contribution >= 4 is 5.97 Å². The summed E-state index contributed by atoms with van der Waals surface area (Å²) in [5, 5.41) is 26.5. The van der Waals surface area contributed by atoms with Gasteiger partial charge in [-0.3, -0.25) is 4.79 Å². The second-order valence-corrected chi connectivity index (χ2v) is 2.74. The molecule has 0 aliphatic carbocycles. The van der Waals surface area contributed by atoms with Crippen LogP contribution in [-0.4, -0.2) is 46.7 Å². The summed E-state index contributed by atoms with van der Waals surface area (Å²) < 4.78 is 4.58. The molecule has 0 fully saturated rings. The number of hydrogen-bond donors (Lipinski definition) is 3. The summed E-state index contributed by atoms with van der Waals surface area (Å²) in [6.07, 6.45) is -2.11. The fourth-order valence-corrected chi connectivity index (χ4v) is 0.884. The van der Waals surface area contributed by atoms with E-state index in [0.717, 1.165) is 0 Å². The summed E-state index contributed by atoms with van der Waals surface area (Å²) >= 11 is 0. The lowest BCUT2D eigenvalue weighted by Crippen LogP contribution is -2.23. The van der Waals surface area contributed by atoms with Crippen molar-refractivity contribution in [1.29, 1.82) is 0 Å². The van der Waals surface area contributed by atoms with E-state index in [4.69, 9.17) is 10.2 Å². The maximum Gasteiger partial charge on any atom is 0.308 e. The first-order valence-electron chi connectivity index (χ1n) is 4.22. The maximum atomic E-state index is 10.8. The molecule has 0 spiro atoms. The summed E-state index contributed by atoms with van der Waals surface area (Å²) in [6, 6.07) is 0. The molecule has 5 nitrogen and oxygen atoms in total. The normalized spacial score (nSPS) is 15.1. The van der Waals surface area contributed by atoms with Gasteiger partial charge in [0, 0.05) is 6.42 Å². The number of aliphatic hydroxyl groups is 3. The van der Waals surface area contributed by atoms with Crippen molar-refractivity contribution in [2.75, 3.05) is 13.2 Å². The standard InChI is InChI=1S/C8H16O5/c1-2-13-8(12)4-6(10)3-7(11)5-9/h6-7,9-11H,2-5H2,1H3/t6-,7+/m1/s1. The molecule has 0 saturated carbocycles. The Balaban J connectivity index is 3.60. The van der Waals surface area contributed by atoms with E-state index in [9.17, 15) is 9.90 Å². The van der Waals surface area contributed by atoms with Crippen LogP contribution in [0.4, 0.5) is 0 Å². The van der Waals surface area contributed by atoms with E-state index in [2.05, 4.69) is 4.74 Å². The van der Waals surface area contributed by atoms with Crippen molar-refractivity contribution in [3.8, 4) is 0 Å². The first-order valence-corrected chi connectivity index (χ1v) is 4.22. The average Bonchev–Trinajstić information content (AvgIpc) is 2.04. The molecule has 0 bridgehead atoms. The zero-order valence-electron chi connectivity index (χ0n) is 7.64. The maximum absolute atomic E-state index is 10.8. The predicted molar refractivity (Wildman–Crippen MR) is 45.0 cm³/mol. The summed E-state index contributed by atoms with van der Waals surface area (Å²) in [7, 11) is 0. The zero-order valence-corrected chi connectivity index (χ0v) is 7.64. The Bertz CT molecular complexity index is 147. The minimum atomic E-state index is -0.982. The number of hydrogen-bond acceptors (Lipinski definition) is 5. The Labute approximate surface area is 77.0 Å². The van der Waals surface area contributed by atoms with Crippen molar-refractivity contribution in [3.05, 3.63) is 0 Å². The topological polar surface area (TPSA) is 87.0 Å². The molecule has 0 rings (SSSR count). The van der Waals surface area contributed by atoms with E-state index in [0.29, 0.717) is 0 Å². The number of aliphatic hydroxyl groups excluding tert-OH is 3. The van der Waals surface area contributed by atoms with Crippen LogP contribution < -0.4 is 0 Å². The molecule has 0 aromatic carbocycles. The molecule has 0 aromatic rings. The molecule has 0 heterocycles. The minimum Gasteiger partial charge on any atom is -0.466 e. The Kier molecular flexibility index (Phi) is 6.48. The summed E-state index contributed by atoms with van der Waals surface area (Å²) in [6.45, 7) is 1.53. The molecule has 3 N–H and O–H groups in total. The van der Waals surface area contributed by atoms with Gasteiger partial charge >= 0.3 is 5.97 Å². The van der Waals surface area contributed by atoms with Crippen LogP contribution in [0.25, 0.3) is 0 Å². The Morgan fingerprint density at radius 1 is 1.38 bits per heavy atom. The lowest BCUT2D eigenvalue weighted by atomic mass is 10.1. The highest BCUT2D eigenvalue weighted by atomic mass is 16.5. The fraction of sp³-hybridized carbons (Fsp3) is 0.875. The number of rotatable bonds is 6. The van der Waals surface area contributed by atoms with Crippen LogP contribution in [0.2, 0.25) is 0 Å². The summed E-state index contributed by atoms with van der Waals surface area (Å²) in [5.74, 6) is -0.500. The Morgan fingerprint density at radius 3 is 2.46 bits per heavy atom. The molecule has 0 radical (unpaired) electrons. The molecule has 0 aliphatic heterocycles. The lowest BCUT2D eigenvalue weighted by Gasteiger charge is -2.12. The van der Waals surface area contributed by atoms with Crippen LogP contribution in [0, 0.1) is 0 Å². The molecular formula is C8H16O5. The quantitative estimate of drug-likeness (QED) is 0.472. The third-order valence-electron chi connectivity index (χ3n) is 1.46. The van der Waals surface area contributed by atoms with Gasteiger partial charge < -0.3 is 20.1 Å². The molecule has 0 aromatic heterocycles. The number of esters is 1. The second kappa shape index (κ2) is 6.82. The second-order valence-electron chi connectivity index (χ2n) is 2.74. The van der Waals surface area contributed by atoms with Gasteiger partial charge in [-0.15, -0.1) is 0 Å². The SMILES string of the molecule is CCOC(=O)C[C@H](O)C[C@H](O)CO. The smallest absolute Gasteiger partial charge is 0.308 e. The van der Waals surface area contributed by atoms with E-state index < -0.39 is 24.8 Å². The van der Waals surface area contributed by atoms with Gasteiger partial charge in [0.2, 0.25) is 0 Å². The van der Waals surface area contributed by atoms with E-state index in [-0.39, 0.29) is 19.4 Å². The molecule has 0 unspecified atom stereocenters. The number of carbonyl (C=O) groups is 1. The first kappa shape index (κ1) is 12.3. The Hall–Kier alpha value is -0.650. The van der Waals surface area contributed by atoms with Crippen LogP contribution >= 0.6 is 0 Å². The van der Waals surface area contributed by atoms with Crippen molar-refractivity contribution in [3.63, 3.8) is 0 Å². The van der Waals surface area contributed by atoms with Crippen molar-refractivity contribution < 1.29 is 24.9 Å². The molecule has 2 atom stereocenters. The third-order valence-corrected chi connectivity index (χ3v) is 1.46. The van der Waals surface area contributed by atoms with Gasteiger partial charge in [-0.1, -0.05) is 0 Å². The third kappa shape index (κ3) is 6.51. The minimum absolute atomic E-state index is 0.0185. The van der Waals surface area contributed by atoms with Crippen molar-refractivity contribution in [2.24, 2.45) is 0 Å². The molecule has 0 amide bonds. The van der Waals surface area contributed by atoms with E-state index in [1.54, 1.807) is 6.92 Å². The van der Waals surface area contributed by atoms with Gasteiger partial charge in [0.15, 0.2) is 0 Å². The van der Waals surface area contributed by atoms with Crippen LogP contribution in [0.15, 0.2) is 0 Å². The molecule has 0 saturated heterocycles. The van der Waals surface area contributed by atoms with Crippen LogP contribution in [0.1, 0.15) is 19.8 Å². The summed E-state index contributed by atoms with van der Waals surface area (Å²) in [5.41, 5.74) is 0. The lowest BCUT2D eigenvalue weighted by molar-refractivity contribution is -0.145. The average molecular weight is 192 g/mol. The van der Waals surface area contributed by atoms with Crippen LogP contribution in [-0.2, 0) is 9.53 Å². The van der Waals surface area contributed by atoms with Gasteiger partial charge in [-0.2, -0.15) is 0 Å². The first-order chi connectivity index (χ1) is 6.10. The predicted octanol–water partition coefficient (Wildman–Crippen LogP) is -0.956. The van der Waals surface area contributed by atoms with Gasteiger partial charge in [-0.25, -0.2) is 0 Å². The zero-order chi connectivity index (χ0) is 10.3. The van der Waals surface area contributed by atoms with Crippen LogP contribution in [0.3, 0.4) is 0 Å². The highest BCUT2D eigenvalue weighted by Crippen LogP contribution is 2.03. The molecular weight excluding hydrogens is 176 g/mol. The van der Waals surface area contributed by atoms with Crippen LogP contribution in [0.5, 0.6) is 0 Å². The fourth-order valence-electron chi connectivity index (χ4n) is 0.884. The molecule has 0 aliphatic rings. The van der Waals surface area contributed by atoms with E-state index >= 15 is 0 Å². The number of ether oxygens (including phenoxy) is 1. The molecule has 78 valence electrons. The molecule has 5 heteroatoms. The van der Waals surface area contributed by atoms with Gasteiger partial charge in [-0.05, 0) is 6.92 Å². The van der Waals surface area contributed by atoms with Crippen molar-refractivity contribution in [2.45, 2.75) is 32.0 Å². The van der Waals surface area contributed by atoms with E-state index in [1.807, 2.05) is 0 Å². The monoisotopic (exact) mass is 192 g/mol. The van der Waals surface area contributed by atoms with Crippen molar-refractivity contribution in [1.82, 2.24) is 0 Å². The highest BCUT2D eigenvalue weighted by molar-refractivity contribution is 5.69. The number of carbonyl (C=O) groups excluding carboxylic acids is 1. The summed E-state index contributed by atoms with van der Waals surface area (Å²) in [4.78, 5) is 10.8.